The van der Waals surface area contributed by atoms with E-state index in [1.54, 1.807) is 24.0 Å². The Balaban J connectivity index is 1.54. The number of carbonyl (C=O) groups excluding carboxylic acids is 2. The van der Waals surface area contributed by atoms with Crippen molar-refractivity contribution in [3.05, 3.63) is 54.0 Å². The maximum Gasteiger partial charge on any atom is 0.303 e. The Kier molecular flexibility index (Phi) is 9.34. The number of halogens is 3. The summed E-state index contributed by atoms with van der Waals surface area (Å²) in [5.74, 6) is -5.59. The lowest BCUT2D eigenvalue weighted by Gasteiger charge is -2.46. The van der Waals surface area contributed by atoms with Crippen LogP contribution in [0.4, 0.5) is 13.2 Å². The van der Waals surface area contributed by atoms with Crippen LogP contribution in [0.25, 0.3) is 11.3 Å². The molecule has 1 aliphatic heterocycles. The second-order valence-corrected chi connectivity index (χ2v) is 11.0. The monoisotopic (exact) mass is 622 g/mol. The Labute approximate surface area is 249 Å². The molecule has 1 amide bonds. The van der Waals surface area contributed by atoms with Gasteiger partial charge in [0.2, 0.25) is 0 Å². The molecule has 3 aromatic rings. The number of aliphatic hydroxyl groups excluding tert-OH is 3. The van der Waals surface area contributed by atoms with Crippen LogP contribution < -0.4 is 0 Å². The Bertz CT molecular complexity index is 1480. The standard InChI is InChI=1S/C28H33F3N6O7/c1-14(39)43-26-24(37-11-18(33-34-37)15-9-16(29)23(31)17(30)10-15)25(41)21(13-38)44-27(26)28(42)36(12-22-32-7-8-35(22)2)19-5-3-4-6-20(19)40/h7-11,19-21,24-27,38,40-41H,3-6,12-13H2,1-2H3/t19-,20-,21+,24-,25-,26+,27+/m0/s1. The predicted molar refractivity (Wildman–Crippen MR) is 144 cm³/mol. The summed E-state index contributed by atoms with van der Waals surface area (Å²) in [7, 11) is 1.75. The van der Waals surface area contributed by atoms with Gasteiger partial charge in [0.25, 0.3) is 5.91 Å². The number of amides is 1. The van der Waals surface area contributed by atoms with Gasteiger partial charge in [0.1, 0.15) is 29.8 Å². The quantitative estimate of drug-likeness (QED) is 0.244. The molecule has 0 radical (unpaired) electrons. The van der Waals surface area contributed by atoms with E-state index in [0.29, 0.717) is 30.8 Å². The van der Waals surface area contributed by atoms with Crippen LogP contribution in [0, 0.1) is 17.5 Å². The number of benzene rings is 1. The summed E-state index contributed by atoms with van der Waals surface area (Å²) in [6.45, 7) is 0.328. The maximum atomic E-state index is 14.4. The molecule has 0 unspecified atom stereocenters. The molecular formula is C28H33F3N6O7. The average Bonchev–Trinajstić information content (AvgIpc) is 3.63. The fourth-order valence-corrected chi connectivity index (χ4v) is 5.86. The number of aromatic nitrogens is 5. The largest absolute Gasteiger partial charge is 0.457 e. The molecule has 0 spiro atoms. The number of ether oxygens (including phenoxy) is 2. The highest BCUT2D eigenvalue weighted by Crippen LogP contribution is 2.36. The predicted octanol–water partition coefficient (Wildman–Crippen LogP) is 1.02. The smallest absolute Gasteiger partial charge is 0.303 e. The number of aliphatic hydroxyl groups is 3. The van der Waals surface area contributed by atoms with Crippen molar-refractivity contribution < 1.29 is 47.6 Å². The second kappa shape index (κ2) is 13.0. The van der Waals surface area contributed by atoms with Crippen molar-refractivity contribution in [3.63, 3.8) is 0 Å². The fraction of sp³-hybridized carbons (Fsp3) is 0.536. The van der Waals surface area contributed by atoms with Crippen LogP contribution in [0.2, 0.25) is 0 Å². The van der Waals surface area contributed by atoms with E-state index in [1.807, 2.05) is 0 Å². The van der Waals surface area contributed by atoms with Crippen LogP contribution in [0.5, 0.6) is 0 Å². The Morgan fingerprint density at radius 2 is 1.86 bits per heavy atom. The highest BCUT2D eigenvalue weighted by molar-refractivity contribution is 5.83. The van der Waals surface area contributed by atoms with Crippen LogP contribution in [-0.4, -0.2) is 99.8 Å². The first-order valence-electron chi connectivity index (χ1n) is 14.1. The van der Waals surface area contributed by atoms with E-state index in [0.717, 1.165) is 24.4 Å². The highest BCUT2D eigenvalue weighted by Gasteiger charge is 2.53. The van der Waals surface area contributed by atoms with E-state index in [-0.39, 0.29) is 17.8 Å². The number of hydrogen-bond acceptors (Lipinski definition) is 10. The average molecular weight is 623 g/mol. The first kappa shape index (κ1) is 31.6. The van der Waals surface area contributed by atoms with Crippen molar-refractivity contribution in [2.24, 2.45) is 7.05 Å². The minimum Gasteiger partial charge on any atom is -0.457 e. The van der Waals surface area contributed by atoms with Crippen molar-refractivity contribution >= 4 is 11.9 Å². The summed E-state index contributed by atoms with van der Waals surface area (Å²) >= 11 is 0. The van der Waals surface area contributed by atoms with Gasteiger partial charge in [0.05, 0.1) is 31.5 Å². The van der Waals surface area contributed by atoms with Gasteiger partial charge in [-0.1, -0.05) is 18.1 Å². The molecule has 7 atom stereocenters. The van der Waals surface area contributed by atoms with Gasteiger partial charge in [-0.25, -0.2) is 22.8 Å². The third-order valence-electron chi connectivity index (χ3n) is 8.12. The SMILES string of the molecule is CC(=O)O[C@@H]1[C@@H](n2cc(-c3cc(F)c(F)c(F)c3)nn2)[C@@H](O)[C@@H](CO)O[C@H]1C(=O)N(Cc1nccn1C)[C@H]1CCCC[C@@H]1O. The Hall–Kier alpha value is -3.86. The molecule has 2 aromatic heterocycles. The Morgan fingerprint density at radius 1 is 1.16 bits per heavy atom. The van der Waals surface area contributed by atoms with Gasteiger partial charge >= 0.3 is 5.97 Å². The highest BCUT2D eigenvalue weighted by atomic mass is 19.2. The lowest BCUT2D eigenvalue weighted by atomic mass is 9.88. The van der Waals surface area contributed by atoms with Crippen molar-refractivity contribution in [2.75, 3.05) is 6.61 Å². The molecule has 3 heterocycles. The minimum absolute atomic E-state index is 0.0249. The maximum absolute atomic E-state index is 14.4. The zero-order valence-electron chi connectivity index (χ0n) is 24.0. The van der Waals surface area contributed by atoms with Crippen LogP contribution in [0.1, 0.15) is 44.5 Å². The van der Waals surface area contributed by atoms with E-state index < -0.39 is 78.5 Å². The lowest BCUT2D eigenvalue weighted by molar-refractivity contribution is -0.223. The third kappa shape index (κ3) is 6.20. The summed E-state index contributed by atoms with van der Waals surface area (Å²) in [5, 5.41) is 40.1. The minimum atomic E-state index is -1.67. The van der Waals surface area contributed by atoms with Crippen molar-refractivity contribution in [2.45, 2.75) is 81.8 Å². The van der Waals surface area contributed by atoms with Gasteiger partial charge < -0.3 is 34.3 Å². The van der Waals surface area contributed by atoms with Crippen molar-refractivity contribution in [3.8, 4) is 11.3 Å². The van der Waals surface area contributed by atoms with Crippen molar-refractivity contribution in [1.82, 2.24) is 29.4 Å². The number of rotatable bonds is 8. The molecule has 2 fully saturated rings. The van der Waals surface area contributed by atoms with Gasteiger partial charge in [-0.15, -0.1) is 5.10 Å². The molecule has 5 rings (SSSR count). The van der Waals surface area contributed by atoms with Crippen LogP contribution >= 0.6 is 0 Å². The normalized spacial score (nSPS) is 27.2. The van der Waals surface area contributed by atoms with E-state index in [2.05, 4.69) is 15.3 Å². The first-order valence-corrected chi connectivity index (χ1v) is 14.1. The summed E-state index contributed by atoms with van der Waals surface area (Å²) in [5.41, 5.74) is -0.287. The molecular weight excluding hydrogens is 589 g/mol. The molecule has 238 valence electrons. The van der Waals surface area contributed by atoms with Crippen LogP contribution in [-0.2, 0) is 32.7 Å². The lowest BCUT2D eigenvalue weighted by Crippen LogP contribution is -2.63. The summed E-state index contributed by atoms with van der Waals surface area (Å²) in [6, 6.07) is -0.579. The van der Waals surface area contributed by atoms with Crippen LogP contribution in [0.3, 0.4) is 0 Å². The van der Waals surface area contributed by atoms with E-state index in [1.165, 1.54) is 11.1 Å². The van der Waals surface area contributed by atoms with E-state index >= 15 is 0 Å². The molecule has 44 heavy (non-hydrogen) atoms. The van der Waals surface area contributed by atoms with Crippen molar-refractivity contribution in [1.29, 1.82) is 0 Å². The second-order valence-electron chi connectivity index (χ2n) is 11.0. The summed E-state index contributed by atoms with van der Waals surface area (Å²) < 4.78 is 55.6. The molecule has 2 aliphatic rings. The van der Waals surface area contributed by atoms with Gasteiger partial charge in [0, 0.05) is 31.9 Å². The molecule has 13 nitrogen and oxygen atoms in total. The number of hydrogen-bond donors (Lipinski definition) is 3. The van der Waals surface area contributed by atoms with Gasteiger partial charge in [-0.3, -0.25) is 9.59 Å². The topological polar surface area (TPSA) is 165 Å². The van der Waals surface area contributed by atoms with Gasteiger partial charge in [0.15, 0.2) is 29.7 Å². The third-order valence-corrected chi connectivity index (χ3v) is 8.12. The fourth-order valence-electron chi connectivity index (χ4n) is 5.86. The molecule has 1 aliphatic carbocycles. The number of imidazole rings is 1. The molecule has 1 saturated carbocycles. The number of nitrogens with zero attached hydrogens (tertiary/aromatic N) is 6. The number of carbonyl (C=O) groups is 2. The molecule has 1 saturated heterocycles. The van der Waals surface area contributed by atoms with Gasteiger partial charge in [-0.05, 0) is 25.0 Å². The first-order chi connectivity index (χ1) is 21.0. The van der Waals surface area contributed by atoms with Crippen LogP contribution in [0.15, 0.2) is 30.7 Å². The molecule has 16 heteroatoms. The summed E-state index contributed by atoms with van der Waals surface area (Å²) in [4.78, 5) is 32.4. The zero-order valence-corrected chi connectivity index (χ0v) is 24.0. The molecule has 0 bridgehead atoms. The number of aryl methyl sites for hydroxylation is 1. The number of esters is 1. The van der Waals surface area contributed by atoms with E-state index in [4.69, 9.17) is 9.47 Å². The Morgan fingerprint density at radius 3 is 2.48 bits per heavy atom. The summed E-state index contributed by atoms with van der Waals surface area (Å²) in [6.07, 6.45) is -0.0446. The van der Waals surface area contributed by atoms with E-state index in [9.17, 15) is 38.1 Å². The molecule has 3 N–H and O–H groups in total. The van der Waals surface area contributed by atoms with Gasteiger partial charge in [-0.2, -0.15) is 0 Å². The molecule has 1 aromatic carbocycles. The zero-order chi connectivity index (χ0) is 31.7.